The van der Waals surface area contributed by atoms with Gasteiger partial charge in [-0.05, 0) is 39.9 Å². The number of carboxylic acids is 1. The predicted octanol–water partition coefficient (Wildman–Crippen LogP) is 4.86. The van der Waals surface area contributed by atoms with Gasteiger partial charge in [-0.1, -0.05) is 72.3 Å². The lowest BCUT2D eigenvalue weighted by Crippen LogP contribution is -2.42. The fraction of sp³-hybridized carbons (Fsp3) is 0.192. The van der Waals surface area contributed by atoms with Crippen molar-refractivity contribution < 1.29 is 24.2 Å². The molecule has 0 unspecified atom stereocenters. The number of rotatable bonds is 7. The molecule has 0 bridgehead atoms. The minimum atomic E-state index is -1.03. The Morgan fingerprint density at radius 3 is 2.03 bits per heavy atom. The number of hydrogen-bond acceptors (Lipinski definition) is 4. The van der Waals surface area contributed by atoms with Gasteiger partial charge in [-0.2, -0.15) is 0 Å². The molecule has 174 valence electrons. The van der Waals surface area contributed by atoms with E-state index in [2.05, 4.69) is 10.9 Å². The number of amides is 2. The molecular formula is C26H23ClN2O5. The largest absolute Gasteiger partial charge is 0.481 e. The van der Waals surface area contributed by atoms with E-state index in [-0.39, 0.29) is 25.4 Å². The van der Waals surface area contributed by atoms with Crippen molar-refractivity contribution in [3.05, 3.63) is 94.5 Å². The first kappa shape index (κ1) is 23.3. The molecule has 0 aromatic heterocycles. The number of carbonyl (C=O) groups excluding carboxylic acids is 2. The van der Waals surface area contributed by atoms with E-state index in [0.29, 0.717) is 10.6 Å². The summed E-state index contributed by atoms with van der Waals surface area (Å²) in [7, 11) is 0. The molecule has 0 spiro atoms. The second-order valence-electron chi connectivity index (χ2n) is 8.05. The Balaban J connectivity index is 1.32. The Morgan fingerprint density at radius 1 is 0.853 bits per heavy atom. The molecule has 3 N–H and O–H groups in total. The highest BCUT2D eigenvalue weighted by Gasteiger charge is 2.29. The third kappa shape index (κ3) is 5.38. The van der Waals surface area contributed by atoms with Gasteiger partial charge >= 0.3 is 12.1 Å². The maximum atomic E-state index is 12.4. The third-order valence-electron chi connectivity index (χ3n) is 5.84. The fourth-order valence-electron chi connectivity index (χ4n) is 4.28. The molecule has 1 aliphatic rings. The number of carboxylic acid groups (broad SMARTS) is 1. The quantitative estimate of drug-likeness (QED) is 0.421. The molecule has 4 rings (SSSR count). The normalized spacial score (nSPS) is 12.9. The SMILES string of the molecule is O=C(O)C[C@@H](CC(=O)NNC(=O)OCC1c2ccccc2-c2ccccc21)c1ccc(Cl)cc1. The van der Waals surface area contributed by atoms with Crippen molar-refractivity contribution in [1.29, 1.82) is 0 Å². The van der Waals surface area contributed by atoms with Gasteiger partial charge in [0.2, 0.25) is 5.91 Å². The third-order valence-corrected chi connectivity index (χ3v) is 6.09. The van der Waals surface area contributed by atoms with Gasteiger partial charge < -0.3 is 9.84 Å². The van der Waals surface area contributed by atoms with Gasteiger partial charge in [-0.25, -0.2) is 10.2 Å². The van der Waals surface area contributed by atoms with E-state index in [0.717, 1.165) is 22.3 Å². The van der Waals surface area contributed by atoms with E-state index >= 15 is 0 Å². The van der Waals surface area contributed by atoms with E-state index in [1.807, 2.05) is 48.5 Å². The summed E-state index contributed by atoms with van der Waals surface area (Å²) in [6, 6.07) is 22.6. The zero-order chi connectivity index (χ0) is 24.1. The van der Waals surface area contributed by atoms with Crippen LogP contribution < -0.4 is 10.9 Å². The van der Waals surface area contributed by atoms with E-state index in [1.54, 1.807) is 24.3 Å². The zero-order valence-corrected chi connectivity index (χ0v) is 18.9. The Morgan fingerprint density at radius 2 is 1.44 bits per heavy atom. The van der Waals surface area contributed by atoms with Crippen LogP contribution in [0, 0.1) is 0 Å². The highest BCUT2D eigenvalue weighted by Crippen LogP contribution is 2.44. The lowest BCUT2D eigenvalue weighted by Gasteiger charge is -2.17. The lowest BCUT2D eigenvalue weighted by molar-refractivity contribution is -0.137. The first-order chi connectivity index (χ1) is 16.4. The molecule has 8 heteroatoms. The molecule has 2 amide bonds. The van der Waals surface area contributed by atoms with Crippen LogP contribution in [0.2, 0.25) is 5.02 Å². The number of nitrogens with one attached hydrogen (secondary N) is 2. The monoisotopic (exact) mass is 478 g/mol. The van der Waals surface area contributed by atoms with E-state index < -0.39 is 23.9 Å². The van der Waals surface area contributed by atoms with E-state index in [4.69, 9.17) is 16.3 Å². The van der Waals surface area contributed by atoms with Gasteiger partial charge in [-0.3, -0.25) is 15.0 Å². The molecule has 1 aliphatic carbocycles. The van der Waals surface area contributed by atoms with Crippen LogP contribution in [-0.4, -0.2) is 29.7 Å². The van der Waals surface area contributed by atoms with Crippen LogP contribution in [0.15, 0.2) is 72.8 Å². The average molecular weight is 479 g/mol. The average Bonchev–Trinajstić information content (AvgIpc) is 3.15. The molecule has 7 nitrogen and oxygen atoms in total. The van der Waals surface area contributed by atoms with Crippen molar-refractivity contribution >= 4 is 29.6 Å². The van der Waals surface area contributed by atoms with Gasteiger partial charge in [0.15, 0.2) is 0 Å². The molecule has 0 saturated heterocycles. The van der Waals surface area contributed by atoms with Crippen molar-refractivity contribution in [3.8, 4) is 11.1 Å². The smallest absolute Gasteiger partial charge is 0.426 e. The van der Waals surface area contributed by atoms with E-state index in [9.17, 15) is 19.5 Å². The van der Waals surface area contributed by atoms with Crippen molar-refractivity contribution in [2.24, 2.45) is 0 Å². The zero-order valence-electron chi connectivity index (χ0n) is 18.2. The number of fused-ring (bicyclic) bond motifs is 3. The van der Waals surface area contributed by atoms with Crippen LogP contribution in [0.5, 0.6) is 0 Å². The first-order valence-corrected chi connectivity index (χ1v) is 11.2. The number of benzene rings is 3. The Labute approximate surface area is 201 Å². The molecule has 3 aromatic rings. The summed E-state index contributed by atoms with van der Waals surface area (Å²) in [5, 5.41) is 9.71. The molecule has 0 fully saturated rings. The summed E-state index contributed by atoms with van der Waals surface area (Å²) in [6.07, 6.45) is -1.16. The number of halogens is 1. The molecule has 0 saturated carbocycles. The van der Waals surface area contributed by atoms with Gasteiger partial charge in [0.25, 0.3) is 0 Å². The van der Waals surface area contributed by atoms with Crippen LogP contribution >= 0.6 is 11.6 Å². The minimum absolute atomic E-state index is 0.0984. The molecular weight excluding hydrogens is 456 g/mol. The standard InChI is InChI=1S/C26H23ClN2O5/c27-18-11-9-16(10-12-18)17(14-25(31)32)13-24(30)28-29-26(33)34-15-23-21-7-3-1-5-19(21)20-6-2-4-8-22(20)23/h1-12,17,23H,13-15H2,(H,28,30)(H,29,33)(H,31,32)/t17-/m1/s1. The summed E-state index contributed by atoms with van der Waals surface area (Å²) >= 11 is 5.89. The number of carbonyl (C=O) groups is 3. The van der Waals surface area contributed by atoms with Gasteiger partial charge in [0.1, 0.15) is 6.61 Å². The second kappa shape index (κ2) is 10.4. The van der Waals surface area contributed by atoms with Crippen LogP contribution in [-0.2, 0) is 14.3 Å². The van der Waals surface area contributed by atoms with Crippen molar-refractivity contribution in [1.82, 2.24) is 10.9 Å². The molecule has 0 aliphatic heterocycles. The molecule has 3 aromatic carbocycles. The Bertz CT molecular complexity index is 1170. The van der Waals surface area contributed by atoms with E-state index in [1.165, 1.54) is 0 Å². The fourth-order valence-corrected chi connectivity index (χ4v) is 4.41. The number of hydrazine groups is 1. The molecule has 0 heterocycles. The molecule has 34 heavy (non-hydrogen) atoms. The number of aliphatic carboxylic acids is 1. The lowest BCUT2D eigenvalue weighted by atomic mass is 9.92. The summed E-state index contributed by atoms with van der Waals surface area (Å²) < 4.78 is 5.38. The van der Waals surface area contributed by atoms with Crippen molar-refractivity contribution in [2.75, 3.05) is 6.61 Å². The highest BCUT2D eigenvalue weighted by atomic mass is 35.5. The van der Waals surface area contributed by atoms with Gasteiger partial charge in [0.05, 0.1) is 6.42 Å². The van der Waals surface area contributed by atoms with Crippen molar-refractivity contribution in [3.63, 3.8) is 0 Å². The van der Waals surface area contributed by atoms with Crippen LogP contribution in [0.1, 0.15) is 41.4 Å². The maximum absolute atomic E-state index is 12.4. The minimum Gasteiger partial charge on any atom is -0.481 e. The predicted molar refractivity (Wildman–Crippen MR) is 127 cm³/mol. The topological polar surface area (TPSA) is 105 Å². The van der Waals surface area contributed by atoms with Gasteiger partial charge in [0, 0.05) is 23.3 Å². The summed E-state index contributed by atoms with van der Waals surface area (Å²) in [5.74, 6) is -2.23. The van der Waals surface area contributed by atoms with Crippen LogP contribution in [0.4, 0.5) is 4.79 Å². The number of hydrogen-bond donors (Lipinski definition) is 3. The summed E-state index contributed by atoms with van der Waals surface area (Å²) in [6.45, 7) is 0.113. The summed E-state index contributed by atoms with van der Waals surface area (Å²) in [5.41, 5.74) is 9.61. The van der Waals surface area contributed by atoms with Crippen LogP contribution in [0.25, 0.3) is 11.1 Å². The first-order valence-electron chi connectivity index (χ1n) is 10.8. The highest BCUT2D eigenvalue weighted by molar-refractivity contribution is 6.30. The Kier molecular flexibility index (Phi) is 7.13. The summed E-state index contributed by atoms with van der Waals surface area (Å²) in [4.78, 5) is 35.8. The van der Waals surface area contributed by atoms with Crippen LogP contribution in [0.3, 0.4) is 0 Å². The number of ether oxygens (including phenoxy) is 1. The van der Waals surface area contributed by atoms with Crippen molar-refractivity contribution in [2.45, 2.75) is 24.7 Å². The second-order valence-corrected chi connectivity index (χ2v) is 8.49. The molecule has 0 radical (unpaired) electrons. The Hall–Kier alpha value is -3.84. The molecule has 1 atom stereocenters. The van der Waals surface area contributed by atoms with Gasteiger partial charge in [-0.15, -0.1) is 0 Å². The maximum Gasteiger partial charge on any atom is 0.426 e.